The van der Waals surface area contributed by atoms with Crippen LogP contribution >= 0.6 is 22.6 Å². The molecule has 0 saturated carbocycles. The van der Waals surface area contributed by atoms with E-state index in [1.165, 1.54) is 40.8 Å². The van der Waals surface area contributed by atoms with Gasteiger partial charge in [-0.15, -0.1) is 0 Å². The molecule has 0 N–H and O–H groups in total. The smallest absolute Gasteiger partial charge is 0.0396 e. The minimum Gasteiger partial charge on any atom is -0.371 e. The number of benzene rings is 1. The Kier molecular flexibility index (Phi) is 4.31. The molecule has 0 unspecified atom stereocenters. The fourth-order valence-corrected chi connectivity index (χ4v) is 3.24. The van der Waals surface area contributed by atoms with Crippen molar-refractivity contribution in [2.24, 2.45) is 0 Å². The molecule has 0 atom stereocenters. The maximum absolute atomic E-state index is 2.53. The maximum atomic E-state index is 2.53. The molecule has 1 aromatic carbocycles. The summed E-state index contributed by atoms with van der Waals surface area (Å²) in [5.41, 5.74) is 2.82. The van der Waals surface area contributed by atoms with Gasteiger partial charge in [0.15, 0.2) is 0 Å². The molecule has 1 heterocycles. The van der Waals surface area contributed by atoms with Gasteiger partial charge in [-0.05, 0) is 80.2 Å². The van der Waals surface area contributed by atoms with Crippen LogP contribution in [-0.4, -0.2) is 38.1 Å². The highest BCUT2D eigenvalue weighted by atomic mass is 127. The SMILES string of the molecule is Cc1cc(I)ccc1N1CCC(N(C)C)CC1. The van der Waals surface area contributed by atoms with Crippen molar-refractivity contribution in [1.29, 1.82) is 0 Å². The summed E-state index contributed by atoms with van der Waals surface area (Å²) in [6, 6.07) is 7.51. The fraction of sp³-hybridized carbons (Fsp3) is 0.571. The van der Waals surface area contributed by atoms with Gasteiger partial charge in [-0.3, -0.25) is 0 Å². The normalized spacial score (nSPS) is 17.8. The van der Waals surface area contributed by atoms with Crippen molar-refractivity contribution in [2.45, 2.75) is 25.8 Å². The fourth-order valence-electron chi connectivity index (χ4n) is 2.60. The van der Waals surface area contributed by atoms with Crippen LogP contribution in [0.3, 0.4) is 0 Å². The predicted molar refractivity (Wildman–Crippen MR) is 82.8 cm³/mol. The summed E-state index contributed by atoms with van der Waals surface area (Å²) in [6.07, 6.45) is 2.55. The van der Waals surface area contributed by atoms with E-state index in [0.29, 0.717) is 0 Å². The number of aryl methyl sites for hydroxylation is 1. The number of halogens is 1. The molecule has 17 heavy (non-hydrogen) atoms. The first-order valence-electron chi connectivity index (χ1n) is 6.25. The molecule has 0 aliphatic carbocycles. The van der Waals surface area contributed by atoms with Gasteiger partial charge >= 0.3 is 0 Å². The number of nitrogens with zero attached hydrogens (tertiary/aromatic N) is 2. The van der Waals surface area contributed by atoms with Gasteiger partial charge in [0, 0.05) is 28.4 Å². The standard InChI is InChI=1S/C14H21IN2/c1-11-10-12(15)4-5-14(11)17-8-6-13(7-9-17)16(2)3/h4-5,10,13H,6-9H2,1-3H3. The molecule has 1 aromatic rings. The van der Waals surface area contributed by atoms with Crippen LogP contribution in [0.4, 0.5) is 5.69 Å². The summed E-state index contributed by atoms with van der Waals surface area (Å²) in [5.74, 6) is 0. The Morgan fingerprint density at radius 3 is 2.41 bits per heavy atom. The van der Waals surface area contributed by atoms with E-state index in [1.807, 2.05) is 0 Å². The molecule has 0 spiro atoms. The van der Waals surface area contributed by atoms with E-state index < -0.39 is 0 Å². The Bertz CT molecular complexity index is 382. The molecule has 0 radical (unpaired) electrons. The number of hydrogen-bond donors (Lipinski definition) is 0. The molecule has 0 bridgehead atoms. The highest BCUT2D eigenvalue weighted by molar-refractivity contribution is 14.1. The Morgan fingerprint density at radius 1 is 1.24 bits per heavy atom. The first-order chi connectivity index (χ1) is 8.08. The van der Waals surface area contributed by atoms with Crippen LogP contribution in [0.2, 0.25) is 0 Å². The van der Waals surface area contributed by atoms with E-state index in [4.69, 9.17) is 0 Å². The summed E-state index contributed by atoms with van der Waals surface area (Å²) in [6.45, 7) is 4.59. The molecule has 94 valence electrons. The van der Waals surface area contributed by atoms with Gasteiger partial charge in [-0.25, -0.2) is 0 Å². The van der Waals surface area contributed by atoms with E-state index in [2.05, 4.69) is 71.6 Å². The monoisotopic (exact) mass is 344 g/mol. The molecule has 2 rings (SSSR count). The van der Waals surface area contributed by atoms with Crippen LogP contribution < -0.4 is 4.90 Å². The van der Waals surface area contributed by atoms with Gasteiger partial charge in [0.25, 0.3) is 0 Å². The van der Waals surface area contributed by atoms with Gasteiger partial charge in [0.05, 0.1) is 0 Å². The average molecular weight is 344 g/mol. The second-order valence-corrected chi connectivity index (χ2v) is 6.36. The Morgan fingerprint density at radius 2 is 1.88 bits per heavy atom. The van der Waals surface area contributed by atoms with E-state index in [0.717, 1.165) is 6.04 Å². The van der Waals surface area contributed by atoms with Crippen LogP contribution in [0.25, 0.3) is 0 Å². The minimum atomic E-state index is 0.760. The van der Waals surface area contributed by atoms with E-state index in [1.54, 1.807) is 0 Å². The number of piperidine rings is 1. The Balaban J connectivity index is 2.05. The Labute approximate surface area is 118 Å². The summed E-state index contributed by atoms with van der Waals surface area (Å²) >= 11 is 2.38. The van der Waals surface area contributed by atoms with Crippen LogP contribution in [0.1, 0.15) is 18.4 Å². The zero-order chi connectivity index (χ0) is 12.4. The molecular weight excluding hydrogens is 323 g/mol. The van der Waals surface area contributed by atoms with Gasteiger partial charge in [0.2, 0.25) is 0 Å². The average Bonchev–Trinajstić information content (AvgIpc) is 2.29. The third kappa shape index (κ3) is 3.13. The first kappa shape index (κ1) is 13.1. The van der Waals surface area contributed by atoms with Crippen molar-refractivity contribution in [2.75, 3.05) is 32.1 Å². The van der Waals surface area contributed by atoms with Crippen LogP contribution in [0, 0.1) is 10.5 Å². The highest BCUT2D eigenvalue weighted by Crippen LogP contribution is 2.26. The quantitative estimate of drug-likeness (QED) is 0.761. The number of rotatable bonds is 2. The lowest BCUT2D eigenvalue weighted by atomic mass is 10.0. The largest absolute Gasteiger partial charge is 0.371 e. The van der Waals surface area contributed by atoms with Crippen LogP contribution in [0.15, 0.2) is 18.2 Å². The number of anilines is 1. The van der Waals surface area contributed by atoms with Crippen molar-refractivity contribution in [1.82, 2.24) is 4.90 Å². The minimum absolute atomic E-state index is 0.760. The van der Waals surface area contributed by atoms with Gasteiger partial charge < -0.3 is 9.80 Å². The summed E-state index contributed by atoms with van der Waals surface area (Å²) in [5, 5.41) is 0. The van der Waals surface area contributed by atoms with E-state index >= 15 is 0 Å². The third-order valence-electron chi connectivity index (χ3n) is 3.69. The molecule has 2 nitrogen and oxygen atoms in total. The van der Waals surface area contributed by atoms with Crippen molar-refractivity contribution < 1.29 is 0 Å². The highest BCUT2D eigenvalue weighted by Gasteiger charge is 2.21. The lowest BCUT2D eigenvalue weighted by molar-refractivity contribution is 0.249. The van der Waals surface area contributed by atoms with Crippen LogP contribution in [0.5, 0.6) is 0 Å². The molecule has 0 aromatic heterocycles. The summed E-state index contributed by atoms with van der Waals surface area (Å²) in [4.78, 5) is 4.89. The third-order valence-corrected chi connectivity index (χ3v) is 4.37. The second kappa shape index (κ2) is 5.57. The predicted octanol–water partition coefficient (Wildman–Crippen LogP) is 3.13. The van der Waals surface area contributed by atoms with Crippen molar-refractivity contribution in [3.63, 3.8) is 0 Å². The van der Waals surface area contributed by atoms with Crippen molar-refractivity contribution >= 4 is 28.3 Å². The molecule has 1 fully saturated rings. The Hall–Kier alpha value is -0.290. The molecule has 1 aliphatic rings. The second-order valence-electron chi connectivity index (χ2n) is 5.11. The lowest BCUT2D eigenvalue weighted by Crippen LogP contribution is -2.42. The topological polar surface area (TPSA) is 6.48 Å². The van der Waals surface area contributed by atoms with Crippen molar-refractivity contribution in [3.05, 3.63) is 27.3 Å². The zero-order valence-electron chi connectivity index (χ0n) is 10.9. The van der Waals surface area contributed by atoms with Crippen molar-refractivity contribution in [3.8, 4) is 0 Å². The summed E-state index contributed by atoms with van der Waals surface area (Å²) < 4.78 is 1.33. The van der Waals surface area contributed by atoms with E-state index in [-0.39, 0.29) is 0 Å². The first-order valence-corrected chi connectivity index (χ1v) is 7.33. The van der Waals surface area contributed by atoms with Gasteiger partial charge in [-0.2, -0.15) is 0 Å². The molecule has 1 aliphatic heterocycles. The lowest BCUT2D eigenvalue weighted by Gasteiger charge is -2.37. The van der Waals surface area contributed by atoms with Gasteiger partial charge in [-0.1, -0.05) is 0 Å². The summed E-state index contributed by atoms with van der Waals surface area (Å²) in [7, 11) is 4.38. The van der Waals surface area contributed by atoms with Crippen LogP contribution in [-0.2, 0) is 0 Å². The van der Waals surface area contributed by atoms with E-state index in [9.17, 15) is 0 Å². The molecule has 3 heteroatoms. The maximum Gasteiger partial charge on any atom is 0.0396 e. The molecular formula is C14H21IN2. The number of hydrogen-bond acceptors (Lipinski definition) is 2. The molecule has 0 amide bonds. The molecule has 1 saturated heterocycles. The van der Waals surface area contributed by atoms with Gasteiger partial charge in [0.1, 0.15) is 0 Å². The zero-order valence-corrected chi connectivity index (χ0v) is 13.1.